The third kappa shape index (κ3) is 7.97. The molecule has 6 heteroatoms. The van der Waals surface area contributed by atoms with E-state index in [1.54, 1.807) is 7.11 Å². The first-order chi connectivity index (χ1) is 10.2. The number of nitrogens with one attached hydrogen (secondary N) is 2. The Bertz CT molecular complexity index is 298. The Morgan fingerprint density at radius 3 is 2.64 bits per heavy atom. The van der Waals surface area contributed by atoms with Gasteiger partial charge in [0.1, 0.15) is 0 Å². The topological polar surface area (TPSA) is 48.9 Å². The number of methoxy groups -OCH3 is 1. The summed E-state index contributed by atoms with van der Waals surface area (Å²) in [6.07, 6.45) is 4.98. The van der Waals surface area contributed by atoms with Gasteiger partial charge in [-0.05, 0) is 25.3 Å². The number of hydrogen-bond acceptors (Lipinski definition) is 3. The number of aliphatic imine (C=N–C) groups is 1. The van der Waals surface area contributed by atoms with Gasteiger partial charge in [0.2, 0.25) is 0 Å². The average Bonchev–Trinajstić information content (AvgIpc) is 2.96. The maximum atomic E-state index is 5.19. The minimum atomic E-state index is 0. The maximum absolute atomic E-state index is 5.19. The molecule has 0 saturated carbocycles. The molecule has 0 bridgehead atoms. The predicted molar refractivity (Wildman–Crippen MR) is 105 cm³/mol. The molecule has 5 nitrogen and oxygen atoms in total. The molecule has 0 aromatic heterocycles. The number of nitrogens with zero attached hydrogens (tertiary/aromatic N) is 2. The van der Waals surface area contributed by atoms with Crippen LogP contribution >= 0.6 is 24.0 Å². The minimum Gasteiger partial charge on any atom is -0.383 e. The molecule has 132 valence electrons. The van der Waals surface area contributed by atoms with Crippen molar-refractivity contribution in [2.75, 3.05) is 46.9 Å². The number of guanidine groups is 1. The smallest absolute Gasteiger partial charge is 0.191 e. The molecule has 22 heavy (non-hydrogen) atoms. The third-order valence-corrected chi connectivity index (χ3v) is 4.52. The van der Waals surface area contributed by atoms with Crippen LogP contribution in [0, 0.1) is 5.92 Å². The third-order valence-electron chi connectivity index (χ3n) is 4.52. The fraction of sp³-hybridized carbons (Fsp3) is 0.938. The number of hydrogen-bond donors (Lipinski definition) is 2. The quantitative estimate of drug-likeness (QED) is 0.338. The second-order valence-electron chi connectivity index (χ2n) is 5.84. The summed E-state index contributed by atoms with van der Waals surface area (Å²) in [6, 6.07) is 0.604. The van der Waals surface area contributed by atoms with Crippen LogP contribution in [-0.4, -0.2) is 63.8 Å². The first-order valence-electron chi connectivity index (χ1n) is 8.42. The Morgan fingerprint density at radius 2 is 2.05 bits per heavy atom. The van der Waals surface area contributed by atoms with Gasteiger partial charge in [-0.2, -0.15) is 0 Å². The molecule has 2 N–H and O–H groups in total. The van der Waals surface area contributed by atoms with Crippen molar-refractivity contribution in [2.24, 2.45) is 10.9 Å². The van der Waals surface area contributed by atoms with E-state index in [0.29, 0.717) is 6.04 Å². The average molecular weight is 426 g/mol. The van der Waals surface area contributed by atoms with E-state index in [9.17, 15) is 0 Å². The molecule has 0 aromatic rings. The first-order valence-corrected chi connectivity index (χ1v) is 8.42. The minimum absolute atomic E-state index is 0. The molecule has 1 heterocycles. The Morgan fingerprint density at radius 1 is 1.32 bits per heavy atom. The Kier molecular flexibility index (Phi) is 13.3. The lowest BCUT2D eigenvalue weighted by atomic mass is 10.0. The molecule has 0 aliphatic carbocycles. The highest BCUT2D eigenvalue weighted by Gasteiger charge is 2.23. The largest absolute Gasteiger partial charge is 0.383 e. The van der Waals surface area contributed by atoms with Crippen LogP contribution in [0.3, 0.4) is 0 Å². The molecule has 0 spiro atoms. The Balaban J connectivity index is 0.00000441. The number of ether oxygens (including phenoxy) is 1. The summed E-state index contributed by atoms with van der Waals surface area (Å²) < 4.78 is 5.19. The SMILES string of the molecule is CCC(CC)CNC(=NC)NCC1CCCN1CCOC.I. The van der Waals surface area contributed by atoms with E-state index < -0.39 is 0 Å². The van der Waals surface area contributed by atoms with E-state index in [1.165, 1.54) is 32.2 Å². The van der Waals surface area contributed by atoms with E-state index in [4.69, 9.17) is 4.74 Å². The molecule has 1 aliphatic heterocycles. The molecule has 1 aliphatic rings. The van der Waals surface area contributed by atoms with Crippen LogP contribution < -0.4 is 10.6 Å². The molecular weight excluding hydrogens is 391 g/mol. The summed E-state index contributed by atoms with van der Waals surface area (Å²) in [7, 11) is 3.62. The molecule has 1 fully saturated rings. The van der Waals surface area contributed by atoms with Crippen LogP contribution in [0.5, 0.6) is 0 Å². The summed E-state index contributed by atoms with van der Waals surface area (Å²) in [5.74, 6) is 1.66. The zero-order chi connectivity index (χ0) is 15.5. The maximum Gasteiger partial charge on any atom is 0.191 e. The van der Waals surface area contributed by atoms with Crippen LogP contribution in [0.2, 0.25) is 0 Å². The van der Waals surface area contributed by atoms with E-state index in [2.05, 4.69) is 34.4 Å². The number of halogens is 1. The van der Waals surface area contributed by atoms with Gasteiger partial charge in [0.15, 0.2) is 5.96 Å². The van der Waals surface area contributed by atoms with Crippen molar-refractivity contribution in [1.29, 1.82) is 0 Å². The van der Waals surface area contributed by atoms with Crippen LogP contribution in [-0.2, 0) is 4.74 Å². The molecule has 0 radical (unpaired) electrons. The molecular formula is C16H35IN4O. The van der Waals surface area contributed by atoms with Crippen LogP contribution in [0.25, 0.3) is 0 Å². The van der Waals surface area contributed by atoms with E-state index in [-0.39, 0.29) is 24.0 Å². The predicted octanol–water partition coefficient (Wildman–Crippen LogP) is 2.32. The molecule has 1 saturated heterocycles. The molecule has 0 amide bonds. The van der Waals surface area contributed by atoms with Gasteiger partial charge in [0.25, 0.3) is 0 Å². The normalized spacial score (nSPS) is 19.3. The van der Waals surface area contributed by atoms with Gasteiger partial charge in [0.05, 0.1) is 6.61 Å². The standard InChI is InChI=1S/C16H34N4O.HI/c1-5-14(6-2)12-18-16(17-3)19-13-15-8-7-9-20(15)10-11-21-4;/h14-15H,5-13H2,1-4H3,(H2,17,18,19);1H. The summed E-state index contributed by atoms with van der Waals surface area (Å²) >= 11 is 0. The zero-order valence-corrected chi connectivity index (χ0v) is 17.1. The van der Waals surface area contributed by atoms with Gasteiger partial charge < -0.3 is 15.4 Å². The number of likely N-dealkylation sites (tertiary alicyclic amines) is 1. The Hall–Kier alpha value is -0.0800. The highest BCUT2D eigenvalue weighted by Crippen LogP contribution is 2.15. The van der Waals surface area contributed by atoms with Crippen molar-refractivity contribution in [3.05, 3.63) is 0 Å². The van der Waals surface area contributed by atoms with Crippen LogP contribution in [0.4, 0.5) is 0 Å². The van der Waals surface area contributed by atoms with Gasteiger partial charge in [-0.1, -0.05) is 26.7 Å². The highest BCUT2D eigenvalue weighted by atomic mass is 127. The van der Waals surface area contributed by atoms with Crippen molar-refractivity contribution in [3.8, 4) is 0 Å². The lowest BCUT2D eigenvalue weighted by molar-refractivity contribution is 0.141. The van der Waals surface area contributed by atoms with Gasteiger partial charge in [-0.15, -0.1) is 24.0 Å². The van der Waals surface area contributed by atoms with Gasteiger partial charge in [-0.25, -0.2) is 0 Å². The monoisotopic (exact) mass is 426 g/mol. The Labute approximate surface area is 153 Å². The van der Waals surface area contributed by atoms with Crippen LogP contribution in [0.15, 0.2) is 4.99 Å². The lowest BCUT2D eigenvalue weighted by Crippen LogP contribution is -2.46. The van der Waals surface area contributed by atoms with E-state index >= 15 is 0 Å². The van der Waals surface area contributed by atoms with Gasteiger partial charge >= 0.3 is 0 Å². The highest BCUT2D eigenvalue weighted by molar-refractivity contribution is 14.0. The molecule has 1 rings (SSSR count). The first kappa shape index (κ1) is 21.9. The molecule has 1 unspecified atom stereocenters. The second kappa shape index (κ2) is 13.4. The van der Waals surface area contributed by atoms with Gasteiger partial charge in [0, 0.05) is 39.8 Å². The summed E-state index contributed by atoms with van der Waals surface area (Å²) in [6.45, 7) is 9.50. The molecule has 0 aromatic carbocycles. The van der Waals surface area contributed by atoms with E-state index in [1.807, 2.05) is 7.05 Å². The fourth-order valence-electron chi connectivity index (χ4n) is 2.88. The fourth-order valence-corrected chi connectivity index (χ4v) is 2.88. The van der Waals surface area contributed by atoms with E-state index in [0.717, 1.165) is 38.1 Å². The lowest BCUT2D eigenvalue weighted by Gasteiger charge is -2.25. The summed E-state index contributed by atoms with van der Waals surface area (Å²) in [5.41, 5.74) is 0. The van der Waals surface area contributed by atoms with Crippen molar-refractivity contribution in [1.82, 2.24) is 15.5 Å². The van der Waals surface area contributed by atoms with Crippen molar-refractivity contribution in [2.45, 2.75) is 45.6 Å². The van der Waals surface area contributed by atoms with Gasteiger partial charge in [-0.3, -0.25) is 9.89 Å². The number of rotatable bonds is 9. The van der Waals surface area contributed by atoms with Crippen LogP contribution in [0.1, 0.15) is 39.5 Å². The van der Waals surface area contributed by atoms with Crippen molar-refractivity contribution in [3.63, 3.8) is 0 Å². The van der Waals surface area contributed by atoms with Crippen molar-refractivity contribution < 1.29 is 4.74 Å². The summed E-state index contributed by atoms with van der Waals surface area (Å²) in [4.78, 5) is 6.85. The van der Waals surface area contributed by atoms with Crippen molar-refractivity contribution >= 4 is 29.9 Å². The zero-order valence-electron chi connectivity index (χ0n) is 14.7. The second-order valence-corrected chi connectivity index (χ2v) is 5.84. The molecule has 1 atom stereocenters. The summed E-state index contributed by atoms with van der Waals surface area (Å²) in [5, 5.41) is 6.93.